The molecule has 1 fully saturated rings. The summed E-state index contributed by atoms with van der Waals surface area (Å²) in [4.78, 5) is 28.7. The molecule has 31 heavy (non-hydrogen) atoms. The number of carbonyl (C=O) groups is 2. The summed E-state index contributed by atoms with van der Waals surface area (Å²) in [7, 11) is 0. The van der Waals surface area contributed by atoms with Gasteiger partial charge in [0, 0.05) is 18.2 Å². The summed E-state index contributed by atoms with van der Waals surface area (Å²) in [5, 5.41) is 5.43. The molecular weight excluding hydrogens is 384 g/mol. The number of benzene rings is 3. The number of nitrogens with one attached hydrogen (secondary N) is 1. The van der Waals surface area contributed by atoms with E-state index in [1.54, 1.807) is 4.90 Å². The van der Waals surface area contributed by atoms with Crippen molar-refractivity contribution in [2.45, 2.75) is 57.7 Å². The third kappa shape index (κ3) is 3.83. The highest BCUT2D eigenvalue weighted by molar-refractivity contribution is 6.04. The van der Waals surface area contributed by atoms with Crippen molar-refractivity contribution in [1.82, 2.24) is 10.2 Å². The van der Waals surface area contributed by atoms with Gasteiger partial charge in [0.1, 0.15) is 6.04 Å². The van der Waals surface area contributed by atoms with Gasteiger partial charge in [-0.25, -0.2) is 0 Å². The van der Waals surface area contributed by atoms with Gasteiger partial charge in [-0.3, -0.25) is 9.59 Å². The van der Waals surface area contributed by atoms with E-state index in [0.29, 0.717) is 12.1 Å². The molecule has 4 nitrogen and oxygen atoms in total. The molecule has 1 heterocycles. The van der Waals surface area contributed by atoms with Crippen molar-refractivity contribution >= 4 is 22.6 Å². The first-order valence-corrected chi connectivity index (χ1v) is 11.3. The first-order valence-electron chi connectivity index (χ1n) is 11.3. The number of nitrogens with zero attached hydrogens (tertiary/aromatic N) is 1. The van der Waals surface area contributed by atoms with E-state index in [1.807, 2.05) is 55.5 Å². The predicted octanol–water partition coefficient (Wildman–Crippen LogP) is 5.29. The smallest absolute Gasteiger partial charge is 0.255 e. The van der Waals surface area contributed by atoms with Crippen LogP contribution in [0.4, 0.5) is 0 Å². The molecule has 4 heteroatoms. The van der Waals surface area contributed by atoms with Crippen molar-refractivity contribution in [3.05, 3.63) is 82.9 Å². The molecule has 3 aromatic rings. The molecule has 1 aliphatic heterocycles. The first-order chi connectivity index (χ1) is 15.1. The van der Waals surface area contributed by atoms with Crippen molar-refractivity contribution < 1.29 is 9.59 Å². The largest absolute Gasteiger partial charge is 0.351 e. The maximum atomic E-state index is 13.5. The van der Waals surface area contributed by atoms with Gasteiger partial charge in [-0.15, -0.1) is 0 Å². The van der Waals surface area contributed by atoms with E-state index in [9.17, 15) is 9.59 Å². The fourth-order valence-corrected chi connectivity index (χ4v) is 4.98. The topological polar surface area (TPSA) is 49.4 Å². The highest BCUT2D eigenvalue weighted by atomic mass is 16.2. The number of fused-ring (bicyclic) bond motifs is 2. The van der Waals surface area contributed by atoms with Crippen LogP contribution in [0.25, 0.3) is 10.8 Å². The summed E-state index contributed by atoms with van der Waals surface area (Å²) in [6, 6.07) is 19.7. The summed E-state index contributed by atoms with van der Waals surface area (Å²) >= 11 is 0. The van der Waals surface area contributed by atoms with Crippen LogP contribution in [0.2, 0.25) is 0 Å². The minimum atomic E-state index is -0.620. The lowest BCUT2D eigenvalue weighted by molar-refractivity contribution is -0.126. The van der Waals surface area contributed by atoms with Gasteiger partial charge in [-0.05, 0) is 53.8 Å². The van der Waals surface area contributed by atoms with Gasteiger partial charge in [0.15, 0.2) is 0 Å². The molecule has 1 aliphatic carbocycles. The third-order valence-corrected chi connectivity index (χ3v) is 6.71. The Morgan fingerprint density at radius 3 is 2.35 bits per heavy atom. The molecule has 2 aliphatic rings. The quantitative estimate of drug-likeness (QED) is 0.633. The maximum absolute atomic E-state index is 13.5. The summed E-state index contributed by atoms with van der Waals surface area (Å²) in [5.41, 5.74) is 3.70. The van der Waals surface area contributed by atoms with Crippen LogP contribution in [0, 0.1) is 6.92 Å². The van der Waals surface area contributed by atoms with Gasteiger partial charge >= 0.3 is 0 Å². The molecule has 0 radical (unpaired) electrons. The lowest BCUT2D eigenvalue weighted by atomic mass is 9.94. The van der Waals surface area contributed by atoms with Gasteiger partial charge in [0.05, 0.1) is 0 Å². The van der Waals surface area contributed by atoms with E-state index in [2.05, 4.69) is 17.4 Å². The maximum Gasteiger partial charge on any atom is 0.255 e. The predicted molar refractivity (Wildman–Crippen MR) is 123 cm³/mol. The standard InChI is InChI=1S/C27H28N2O2/c1-18-11-13-19(14-12-18)25(26(30)28-23-9-3-2-4-10-23)29-17-22-15-20-7-5-6-8-21(20)16-24(22)27(29)31/h5-8,11-16,23,25H,2-4,9-10,17H2,1H3,(H,28,30). The summed E-state index contributed by atoms with van der Waals surface area (Å²) in [6.45, 7) is 2.49. The molecule has 5 rings (SSSR count). The third-order valence-electron chi connectivity index (χ3n) is 6.71. The van der Waals surface area contributed by atoms with E-state index >= 15 is 0 Å². The molecule has 1 unspecified atom stereocenters. The van der Waals surface area contributed by atoms with Crippen LogP contribution < -0.4 is 5.32 Å². The molecule has 1 atom stereocenters. The molecule has 158 valence electrons. The highest BCUT2D eigenvalue weighted by Gasteiger charge is 2.38. The summed E-state index contributed by atoms with van der Waals surface area (Å²) in [5.74, 6) is -0.133. The van der Waals surface area contributed by atoms with E-state index < -0.39 is 6.04 Å². The van der Waals surface area contributed by atoms with Crippen LogP contribution in [-0.4, -0.2) is 22.8 Å². The van der Waals surface area contributed by atoms with Crippen molar-refractivity contribution in [2.24, 2.45) is 0 Å². The molecule has 2 amide bonds. The van der Waals surface area contributed by atoms with Gasteiger partial charge in [0.25, 0.3) is 5.91 Å². The van der Waals surface area contributed by atoms with Crippen molar-refractivity contribution in [3.63, 3.8) is 0 Å². The molecule has 1 saturated carbocycles. The summed E-state index contributed by atoms with van der Waals surface area (Å²) < 4.78 is 0. The minimum absolute atomic E-state index is 0.0647. The van der Waals surface area contributed by atoms with Crippen LogP contribution in [0.15, 0.2) is 60.7 Å². The molecule has 0 saturated heterocycles. The second-order valence-corrected chi connectivity index (χ2v) is 8.95. The van der Waals surface area contributed by atoms with Crippen LogP contribution in [0.1, 0.15) is 65.2 Å². The van der Waals surface area contributed by atoms with Crippen LogP contribution in [0.5, 0.6) is 0 Å². The van der Waals surface area contributed by atoms with E-state index in [1.165, 1.54) is 6.42 Å². The van der Waals surface area contributed by atoms with Crippen LogP contribution >= 0.6 is 0 Å². The van der Waals surface area contributed by atoms with Crippen molar-refractivity contribution in [3.8, 4) is 0 Å². The van der Waals surface area contributed by atoms with Gasteiger partial charge < -0.3 is 10.2 Å². The lowest BCUT2D eigenvalue weighted by Crippen LogP contribution is -2.45. The minimum Gasteiger partial charge on any atom is -0.351 e. The molecule has 0 bridgehead atoms. The Bertz CT molecular complexity index is 1130. The number of aryl methyl sites for hydroxylation is 1. The van der Waals surface area contributed by atoms with Gasteiger partial charge in [0.2, 0.25) is 5.91 Å². The molecule has 3 aromatic carbocycles. The number of hydrogen-bond donors (Lipinski definition) is 1. The van der Waals surface area contributed by atoms with E-state index in [0.717, 1.165) is 53.1 Å². The lowest BCUT2D eigenvalue weighted by Gasteiger charge is -2.30. The second-order valence-electron chi connectivity index (χ2n) is 8.95. The highest BCUT2D eigenvalue weighted by Crippen LogP contribution is 2.34. The first kappa shape index (κ1) is 19.8. The molecule has 1 N–H and O–H groups in total. The zero-order valence-electron chi connectivity index (χ0n) is 17.9. The Morgan fingerprint density at radius 2 is 1.65 bits per heavy atom. The summed E-state index contributed by atoms with van der Waals surface area (Å²) in [6.07, 6.45) is 5.58. The monoisotopic (exact) mass is 412 g/mol. The number of hydrogen-bond acceptors (Lipinski definition) is 2. The zero-order chi connectivity index (χ0) is 21.4. The number of amides is 2. The fraction of sp³-hybridized carbons (Fsp3) is 0.333. The normalized spacial score (nSPS) is 17.6. The van der Waals surface area contributed by atoms with E-state index in [-0.39, 0.29) is 17.9 Å². The van der Waals surface area contributed by atoms with Gasteiger partial charge in [-0.2, -0.15) is 0 Å². The molecule has 0 spiro atoms. The van der Waals surface area contributed by atoms with Crippen molar-refractivity contribution in [2.75, 3.05) is 0 Å². The van der Waals surface area contributed by atoms with Crippen molar-refractivity contribution in [1.29, 1.82) is 0 Å². The Morgan fingerprint density at radius 1 is 0.968 bits per heavy atom. The van der Waals surface area contributed by atoms with Gasteiger partial charge in [-0.1, -0.05) is 73.4 Å². The Hall–Kier alpha value is -3.14. The van der Waals surface area contributed by atoms with Crippen LogP contribution in [-0.2, 0) is 11.3 Å². The Kier molecular flexibility index (Phi) is 5.23. The SMILES string of the molecule is Cc1ccc(C(C(=O)NC2CCCCC2)N2Cc3cc4ccccc4cc3C2=O)cc1. The Labute approximate surface area is 183 Å². The molecular formula is C27H28N2O2. The molecule has 0 aromatic heterocycles. The second kappa shape index (κ2) is 8.18. The van der Waals surface area contributed by atoms with E-state index in [4.69, 9.17) is 0 Å². The Balaban J connectivity index is 1.49. The number of carbonyl (C=O) groups excluding carboxylic acids is 2. The fourth-order valence-electron chi connectivity index (χ4n) is 4.98. The number of rotatable bonds is 4. The average molecular weight is 413 g/mol. The zero-order valence-corrected chi connectivity index (χ0v) is 17.9. The van der Waals surface area contributed by atoms with Crippen LogP contribution in [0.3, 0.4) is 0 Å². The average Bonchev–Trinajstić information content (AvgIpc) is 3.09.